The van der Waals surface area contributed by atoms with Crippen molar-refractivity contribution in [3.63, 3.8) is 0 Å². The minimum absolute atomic E-state index is 0.191. The second-order valence-corrected chi connectivity index (χ2v) is 8.56. The standard InChI is InChI=1S/C22H35N/c1-8-10-13-23(7)20(9-2)17-14-18(21(3,4)5)16-19(15-17)22(6)11-12-22/h9,14-16H,8,10-13H2,1-7H3. The van der Waals surface area contributed by atoms with Gasteiger partial charge in [0.1, 0.15) is 0 Å². The van der Waals surface area contributed by atoms with Crippen LogP contribution in [-0.2, 0) is 10.8 Å². The molecule has 23 heavy (non-hydrogen) atoms. The van der Waals surface area contributed by atoms with E-state index in [1.54, 1.807) is 0 Å². The highest BCUT2D eigenvalue weighted by atomic mass is 15.1. The molecule has 0 aliphatic heterocycles. The first-order chi connectivity index (χ1) is 10.7. The molecule has 1 aliphatic rings. The quantitative estimate of drug-likeness (QED) is 0.610. The normalized spacial score (nSPS) is 17.3. The molecule has 0 amide bonds. The minimum atomic E-state index is 0.191. The first-order valence-corrected chi connectivity index (χ1v) is 9.25. The molecule has 0 N–H and O–H groups in total. The Morgan fingerprint density at radius 3 is 2.35 bits per heavy atom. The van der Waals surface area contributed by atoms with E-state index in [-0.39, 0.29) is 5.41 Å². The maximum Gasteiger partial charge on any atom is 0.0394 e. The summed E-state index contributed by atoms with van der Waals surface area (Å²) in [4.78, 5) is 2.42. The summed E-state index contributed by atoms with van der Waals surface area (Å²) < 4.78 is 0. The third kappa shape index (κ3) is 4.19. The van der Waals surface area contributed by atoms with Gasteiger partial charge in [0.15, 0.2) is 0 Å². The number of benzene rings is 1. The second kappa shape index (κ2) is 6.71. The molecule has 1 fully saturated rings. The van der Waals surface area contributed by atoms with E-state index in [9.17, 15) is 0 Å². The molecule has 0 heterocycles. The van der Waals surface area contributed by atoms with Crippen LogP contribution in [0.5, 0.6) is 0 Å². The van der Waals surface area contributed by atoms with Crippen LogP contribution in [0.25, 0.3) is 5.70 Å². The van der Waals surface area contributed by atoms with Crippen LogP contribution in [0.1, 0.15) is 83.9 Å². The number of allylic oxidation sites excluding steroid dienone is 1. The Morgan fingerprint density at radius 1 is 1.22 bits per heavy atom. The van der Waals surface area contributed by atoms with E-state index in [2.05, 4.69) is 77.8 Å². The molecule has 0 bridgehead atoms. The Hall–Kier alpha value is -1.24. The Bertz CT molecular complexity index is 547. The van der Waals surface area contributed by atoms with Gasteiger partial charge < -0.3 is 4.90 Å². The van der Waals surface area contributed by atoms with Crippen LogP contribution >= 0.6 is 0 Å². The maximum atomic E-state index is 2.45. The van der Waals surface area contributed by atoms with Gasteiger partial charge in [-0.3, -0.25) is 0 Å². The van der Waals surface area contributed by atoms with Gasteiger partial charge in [0, 0.05) is 19.3 Å². The van der Waals surface area contributed by atoms with E-state index in [1.807, 2.05) is 0 Å². The largest absolute Gasteiger partial charge is 0.374 e. The molecule has 2 rings (SSSR count). The van der Waals surface area contributed by atoms with Crippen molar-refractivity contribution in [3.05, 3.63) is 41.0 Å². The highest BCUT2D eigenvalue weighted by Gasteiger charge is 2.39. The molecule has 1 nitrogen and oxygen atoms in total. The monoisotopic (exact) mass is 313 g/mol. The molecule has 0 unspecified atom stereocenters. The van der Waals surface area contributed by atoms with Crippen molar-refractivity contribution in [2.75, 3.05) is 13.6 Å². The second-order valence-electron chi connectivity index (χ2n) is 8.56. The lowest BCUT2D eigenvalue weighted by Gasteiger charge is -2.27. The zero-order valence-electron chi connectivity index (χ0n) is 16.3. The summed E-state index contributed by atoms with van der Waals surface area (Å²) >= 11 is 0. The summed E-state index contributed by atoms with van der Waals surface area (Å²) in [5, 5.41) is 0. The summed E-state index contributed by atoms with van der Waals surface area (Å²) in [7, 11) is 2.23. The summed E-state index contributed by atoms with van der Waals surface area (Å²) in [5.41, 5.74) is 6.36. The fourth-order valence-corrected chi connectivity index (χ4v) is 3.16. The van der Waals surface area contributed by atoms with Crippen LogP contribution < -0.4 is 0 Å². The van der Waals surface area contributed by atoms with Gasteiger partial charge in [0.25, 0.3) is 0 Å². The molecule has 128 valence electrons. The van der Waals surface area contributed by atoms with E-state index in [1.165, 1.54) is 48.1 Å². The van der Waals surface area contributed by atoms with Crippen LogP contribution in [0.4, 0.5) is 0 Å². The topological polar surface area (TPSA) is 3.24 Å². The van der Waals surface area contributed by atoms with Crippen LogP contribution in [0.3, 0.4) is 0 Å². The molecule has 0 radical (unpaired) electrons. The molecule has 0 atom stereocenters. The van der Waals surface area contributed by atoms with Gasteiger partial charge in [-0.1, -0.05) is 53.2 Å². The van der Waals surface area contributed by atoms with E-state index >= 15 is 0 Å². The summed E-state index contributed by atoms with van der Waals surface area (Å²) in [5.74, 6) is 0. The minimum Gasteiger partial charge on any atom is -0.374 e. The van der Waals surface area contributed by atoms with Gasteiger partial charge in [-0.05, 0) is 65.8 Å². The van der Waals surface area contributed by atoms with Crippen molar-refractivity contribution in [2.45, 2.75) is 78.1 Å². The van der Waals surface area contributed by atoms with Crippen molar-refractivity contribution in [3.8, 4) is 0 Å². The zero-order chi connectivity index (χ0) is 17.3. The van der Waals surface area contributed by atoms with Crippen LogP contribution in [0.2, 0.25) is 0 Å². The molecule has 1 aromatic carbocycles. The summed E-state index contributed by atoms with van der Waals surface area (Å²) in [6.45, 7) is 14.9. The number of rotatable bonds is 6. The summed E-state index contributed by atoms with van der Waals surface area (Å²) in [6.07, 6.45) is 7.42. The van der Waals surface area contributed by atoms with E-state index in [0.717, 1.165) is 6.54 Å². The van der Waals surface area contributed by atoms with Crippen LogP contribution in [-0.4, -0.2) is 18.5 Å². The molecule has 1 aliphatic carbocycles. The molecule has 0 spiro atoms. The maximum absolute atomic E-state index is 2.45. The van der Waals surface area contributed by atoms with Gasteiger partial charge in [-0.25, -0.2) is 0 Å². The number of hydrogen-bond donors (Lipinski definition) is 0. The number of nitrogens with zero attached hydrogens (tertiary/aromatic N) is 1. The van der Waals surface area contributed by atoms with Crippen molar-refractivity contribution < 1.29 is 0 Å². The lowest BCUT2D eigenvalue weighted by atomic mass is 9.82. The predicted molar refractivity (Wildman–Crippen MR) is 103 cm³/mol. The average Bonchev–Trinajstić information content (AvgIpc) is 3.24. The fraction of sp³-hybridized carbons (Fsp3) is 0.636. The highest BCUT2D eigenvalue weighted by Crippen LogP contribution is 2.49. The van der Waals surface area contributed by atoms with E-state index in [4.69, 9.17) is 0 Å². The lowest BCUT2D eigenvalue weighted by molar-refractivity contribution is 0.462. The molecule has 1 heteroatoms. The van der Waals surface area contributed by atoms with Crippen molar-refractivity contribution in [2.24, 2.45) is 0 Å². The third-order valence-corrected chi connectivity index (χ3v) is 5.32. The predicted octanol–water partition coefficient (Wildman–Crippen LogP) is 6.13. The van der Waals surface area contributed by atoms with Crippen LogP contribution in [0, 0.1) is 0 Å². The van der Waals surface area contributed by atoms with Gasteiger partial charge in [0.2, 0.25) is 0 Å². The Balaban J connectivity index is 2.44. The Morgan fingerprint density at radius 2 is 1.87 bits per heavy atom. The lowest BCUT2D eigenvalue weighted by Crippen LogP contribution is -2.20. The van der Waals surface area contributed by atoms with Gasteiger partial charge >= 0.3 is 0 Å². The molecular formula is C22H35N. The number of unbranched alkanes of at least 4 members (excludes halogenated alkanes) is 1. The zero-order valence-corrected chi connectivity index (χ0v) is 16.3. The van der Waals surface area contributed by atoms with Gasteiger partial charge in [-0.2, -0.15) is 0 Å². The first-order valence-electron chi connectivity index (χ1n) is 9.25. The number of hydrogen-bond acceptors (Lipinski definition) is 1. The molecule has 1 saturated carbocycles. The molecule has 1 aromatic rings. The SMILES string of the molecule is CC=C(c1cc(C(C)(C)C)cc(C2(C)CC2)c1)N(C)CCCC. The average molecular weight is 314 g/mol. The van der Waals surface area contributed by atoms with Crippen molar-refractivity contribution >= 4 is 5.70 Å². The fourth-order valence-electron chi connectivity index (χ4n) is 3.16. The third-order valence-electron chi connectivity index (χ3n) is 5.32. The Labute approximate surface area is 143 Å². The smallest absolute Gasteiger partial charge is 0.0394 e. The molecule has 0 saturated heterocycles. The van der Waals surface area contributed by atoms with E-state index in [0.29, 0.717) is 5.41 Å². The van der Waals surface area contributed by atoms with Crippen molar-refractivity contribution in [1.82, 2.24) is 4.90 Å². The first kappa shape index (κ1) is 18.1. The molecular weight excluding hydrogens is 278 g/mol. The molecule has 0 aromatic heterocycles. The Kier molecular flexibility index (Phi) is 5.28. The summed E-state index contributed by atoms with van der Waals surface area (Å²) in [6, 6.07) is 7.31. The van der Waals surface area contributed by atoms with Crippen molar-refractivity contribution in [1.29, 1.82) is 0 Å². The van der Waals surface area contributed by atoms with Gasteiger partial charge in [0.05, 0.1) is 0 Å². The highest BCUT2D eigenvalue weighted by molar-refractivity contribution is 5.66. The van der Waals surface area contributed by atoms with Crippen LogP contribution in [0.15, 0.2) is 24.3 Å². The van der Waals surface area contributed by atoms with E-state index < -0.39 is 0 Å². The van der Waals surface area contributed by atoms with Gasteiger partial charge in [-0.15, -0.1) is 0 Å².